The Hall–Kier alpha value is -2.27. The number of likely N-dealkylation sites (tertiary alicyclic amines) is 1. The third-order valence-electron chi connectivity index (χ3n) is 4.27. The van der Waals surface area contributed by atoms with E-state index in [1.807, 2.05) is 18.2 Å². The van der Waals surface area contributed by atoms with Gasteiger partial charge in [-0.2, -0.15) is 0 Å². The smallest absolute Gasteiger partial charge is 0.257 e. The fraction of sp³-hybridized carbons (Fsp3) is 0.263. The molecule has 3 rings (SSSR count). The van der Waals surface area contributed by atoms with Gasteiger partial charge >= 0.3 is 0 Å². The minimum Gasteiger partial charge on any atom is -0.342 e. The van der Waals surface area contributed by atoms with E-state index in [0.29, 0.717) is 10.7 Å². The van der Waals surface area contributed by atoms with Gasteiger partial charge < -0.3 is 4.90 Å². The molecule has 124 valence electrons. The topological polar surface area (TPSA) is 32.3 Å². The van der Waals surface area contributed by atoms with Crippen LogP contribution in [0.2, 0.25) is 0 Å². The Morgan fingerprint density at radius 2 is 1.79 bits per heavy atom. The molecular formula is C19H19FN2OS. The van der Waals surface area contributed by atoms with E-state index < -0.39 is 0 Å². The highest BCUT2D eigenvalue weighted by atomic mass is 32.1. The molecule has 24 heavy (non-hydrogen) atoms. The first-order valence-corrected chi connectivity index (χ1v) is 8.48. The summed E-state index contributed by atoms with van der Waals surface area (Å²) in [6.07, 6.45) is 3.21. The number of carbonyl (C=O) groups excluding carboxylic acids is 1. The van der Waals surface area contributed by atoms with E-state index in [2.05, 4.69) is 22.3 Å². The van der Waals surface area contributed by atoms with Gasteiger partial charge in [-0.15, -0.1) is 0 Å². The fourth-order valence-corrected chi connectivity index (χ4v) is 3.35. The summed E-state index contributed by atoms with van der Waals surface area (Å²) in [5.41, 5.74) is 1.60. The van der Waals surface area contributed by atoms with Gasteiger partial charge in [0.1, 0.15) is 5.82 Å². The van der Waals surface area contributed by atoms with Gasteiger partial charge in [0, 0.05) is 12.1 Å². The van der Waals surface area contributed by atoms with E-state index in [4.69, 9.17) is 12.2 Å². The number of nitrogens with one attached hydrogen (secondary N) is 1. The quantitative estimate of drug-likeness (QED) is 0.835. The lowest BCUT2D eigenvalue weighted by Crippen LogP contribution is -2.46. The molecule has 0 spiro atoms. The van der Waals surface area contributed by atoms with E-state index in [9.17, 15) is 9.18 Å². The summed E-state index contributed by atoms with van der Waals surface area (Å²) < 4.78 is 13.0. The Kier molecular flexibility index (Phi) is 5.20. The van der Waals surface area contributed by atoms with E-state index in [-0.39, 0.29) is 17.8 Å². The number of hydrogen-bond donors (Lipinski definition) is 1. The zero-order valence-electron chi connectivity index (χ0n) is 13.2. The maximum atomic E-state index is 13.0. The van der Waals surface area contributed by atoms with Gasteiger partial charge in [0.25, 0.3) is 5.91 Å². The summed E-state index contributed by atoms with van der Waals surface area (Å²) in [6.45, 7) is 0.822. The summed E-state index contributed by atoms with van der Waals surface area (Å²) in [5, 5.41) is 3.21. The largest absolute Gasteiger partial charge is 0.342 e. The normalized spacial score (nSPS) is 17.4. The lowest BCUT2D eigenvalue weighted by Gasteiger charge is -2.37. The summed E-state index contributed by atoms with van der Waals surface area (Å²) in [6, 6.07) is 15.8. The predicted octanol–water partition coefficient (Wildman–Crippen LogP) is 4.07. The summed E-state index contributed by atoms with van der Waals surface area (Å²) in [4.78, 5) is 14.4. The van der Waals surface area contributed by atoms with Crippen molar-refractivity contribution in [3.8, 4) is 0 Å². The van der Waals surface area contributed by atoms with Crippen molar-refractivity contribution < 1.29 is 9.18 Å². The molecular weight excluding hydrogens is 323 g/mol. The number of piperidine rings is 1. The monoisotopic (exact) mass is 342 g/mol. The molecule has 0 saturated carbocycles. The third-order valence-corrected chi connectivity index (χ3v) is 4.61. The number of rotatable bonds is 2. The maximum absolute atomic E-state index is 13.0. The molecule has 1 N–H and O–H groups in total. The van der Waals surface area contributed by atoms with Gasteiger partial charge in [0.15, 0.2) is 5.11 Å². The lowest BCUT2D eigenvalue weighted by molar-refractivity contribution is 0.0969. The fourth-order valence-electron chi connectivity index (χ4n) is 3.04. The zero-order chi connectivity index (χ0) is 16.9. The lowest BCUT2D eigenvalue weighted by atomic mass is 9.96. The van der Waals surface area contributed by atoms with Crippen LogP contribution in [0, 0.1) is 5.82 Å². The van der Waals surface area contributed by atoms with Crippen molar-refractivity contribution in [2.45, 2.75) is 25.3 Å². The first kappa shape index (κ1) is 16.6. The SMILES string of the molecule is O=C(NC(=S)N1CCCCC1c1ccccc1)c1ccc(F)cc1. The van der Waals surface area contributed by atoms with E-state index in [1.165, 1.54) is 29.8 Å². The van der Waals surface area contributed by atoms with Gasteiger partial charge in [-0.1, -0.05) is 30.3 Å². The van der Waals surface area contributed by atoms with Crippen molar-refractivity contribution in [2.24, 2.45) is 0 Å². The number of nitrogens with zero attached hydrogens (tertiary/aromatic N) is 1. The molecule has 0 radical (unpaired) electrons. The molecule has 1 amide bonds. The molecule has 1 atom stereocenters. The molecule has 0 aromatic heterocycles. The maximum Gasteiger partial charge on any atom is 0.257 e. The van der Waals surface area contributed by atoms with Crippen LogP contribution in [0.5, 0.6) is 0 Å². The van der Waals surface area contributed by atoms with Crippen molar-refractivity contribution in [1.29, 1.82) is 0 Å². The minimum atomic E-state index is -0.366. The van der Waals surface area contributed by atoms with Crippen LogP contribution in [0.15, 0.2) is 54.6 Å². The van der Waals surface area contributed by atoms with Crippen LogP contribution in [0.25, 0.3) is 0 Å². The van der Waals surface area contributed by atoms with Gasteiger partial charge in [-0.3, -0.25) is 10.1 Å². The van der Waals surface area contributed by atoms with E-state index in [0.717, 1.165) is 25.8 Å². The van der Waals surface area contributed by atoms with Crippen LogP contribution in [0.1, 0.15) is 41.2 Å². The van der Waals surface area contributed by atoms with Crippen LogP contribution in [-0.2, 0) is 0 Å². The number of benzene rings is 2. The number of hydrogen-bond acceptors (Lipinski definition) is 2. The molecule has 3 nitrogen and oxygen atoms in total. The average Bonchev–Trinajstić information content (AvgIpc) is 2.63. The highest BCUT2D eigenvalue weighted by Crippen LogP contribution is 2.30. The van der Waals surface area contributed by atoms with Gasteiger partial charge in [0.05, 0.1) is 6.04 Å². The summed E-state index contributed by atoms with van der Waals surface area (Å²) in [7, 11) is 0. The molecule has 2 aromatic carbocycles. The molecule has 1 fully saturated rings. The number of carbonyl (C=O) groups is 1. The average molecular weight is 342 g/mol. The molecule has 1 saturated heterocycles. The highest BCUT2D eigenvalue weighted by molar-refractivity contribution is 7.80. The van der Waals surface area contributed by atoms with Crippen molar-refractivity contribution in [3.05, 3.63) is 71.5 Å². The van der Waals surface area contributed by atoms with Gasteiger partial charge in [0.2, 0.25) is 0 Å². The predicted molar refractivity (Wildman–Crippen MR) is 96.2 cm³/mol. The zero-order valence-corrected chi connectivity index (χ0v) is 14.1. The van der Waals surface area contributed by atoms with Gasteiger partial charge in [-0.05, 0) is 61.3 Å². The summed E-state index contributed by atoms with van der Waals surface area (Å²) in [5.74, 6) is -0.674. The molecule has 1 unspecified atom stereocenters. The number of amides is 1. The van der Waals surface area contributed by atoms with Crippen LogP contribution in [-0.4, -0.2) is 22.5 Å². The Balaban J connectivity index is 1.72. The molecule has 0 bridgehead atoms. The molecule has 1 aliphatic rings. The van der Waals surface area contributed by atoms with E-state index >= 15 is 0 Å². The molecule has 0 aliphatic carbocycles. The number of halogens is 1. The second-order valence-electron chi connectivity index (χ2n) is 5.88. The standard InChI is InChI=1S/C19H19FN2OS/c20-16-11-9-15(10-12-16)18(23)21-19(24)22-13-5-4-8-17(22)14-6-2-1-3-7-14/h1-3,6-7,9-12,17H,4-5,8,13H2,(H,21,23,24). The second-order valence-corrected chi connectivity index (χ2v) is 6.27. The van der Waals surface area contributed by atoms with Gasteiger partial charge in [-0.25, -0.2) is 4.39 Å². The van der Waals surface area contributed by atoms with Crippen LogP contribution >= 0.6 is 12.2 Å². The molecule has 2 aromatic rings. The third kappa shape index (κ3) is 3.79. The summed E-state index contributed by atoms with van der Waals surface area (Å²) >= 11 is 5.47. The van der Waals surface area contributed by atoms with Crippen molar-refractivity contribution in [2.75, 3.05) is 6.54 Å². The highest BCUT2D eigenvalue weighted by Gasteiger charge is 2.26. The molecule has 1 heterocycles. The number of thiocarbonyl (C=S) groups is 1. The Bertz CT molecular complexity index is 718. The molecule has 1 aliphatic heterocycles. The van der Waals surface area contributed by atoms with Crippen LogP contribution in [0.3, 0.4) is 0 Å². The Morgan fingerprint density at radius 1 is 1.08 bits per heavy atom. The van der Waals surface area contributed by atoms with Crippen molar-refractivity contribution in [1.82, 2.24) is 10.2 Å². The minimum absolute atomic E-state index is 0.181. The Labute approximate surface area is 146 Å². The first-order valence-electron chi connectivity index (χ1n) is 8.07. The van der Waals surface area contributed by atoms with E-state index in [1.54, 1.807) is 0 Å². The van der Waals surface area contributed by atoms with Crippen LogP contribution in [0.4, 0.5) is 4.39 Å². The second kappa shape index (κ2) is 7.53. The van der Waals surface area contributed by atoms with Crippen molar-refractivity contribution in [3.63, 3.8) is 0 Å². The molecule has 5 heteroatoms. The van der Waals surface area contributed by atoms with Crippen molar-refractivity contribution >= 4 is 23.2 Å². The Morgan fingerprint density at radius 3 is 2.50 bits per heavy atom. The van der Waals surface area contributed by atoms with Crippen LogP contribution < -0.4 is 5.32 Å². The first-order chi connectivity index (χ1) is 11.6.